The summed E-state index contributed by atoms with van der Waals surface area (Å²) in [6.45, 7) is 2.81. The van der Waals surface area contributed by atoms with Gasteiger partial charge in [0.25, 0.3) is 0 Å². The topological polar surface area (TPSA) is 49.8 Å². The molecule has 1 atom stereocenters. The summed E-state index contributed by atoms with van der Waals surface area (Å²) in [7, 11) is 0. The summed E-state index contributed by atoms with van der Waals surface area (Å²) in [6, 6.07) is 5.95. The smallest absolute Gasteiger partial charge is 0.243 e. The molecule has 1 aromatic heterocycles. The van der Waals surface area contributed by atoms with Crippen LogP contribution in [0.4, 0.5) is 0 Å². The highest BCUT2D eigenvalue weighted by Crippen LogP contribution is 2.25. The van der Waals surface area contributed by atoms with Crippen molar-refractivity contribution in [2.24, 2.45) is 0 Å². The van der Waals surface area contributed by atoms with Crippen LogP contribution < -0.4 is 5.32 Å². The number of nitrogens with one attached hydrogen (secondary N) is 2. The predicted octanol–water partition coefficient (Wildman–Crippen LogP) is 2.46. The Morgan fingerprint density at radius 2 is 2.28 bits per heavy atom. The van der Waals surface area contributed by atoms with Gasteiger partial charge in [-0.05, 0) is 49.7 Å². The summed E-state index contributed by atoms with van der Waals surface area (Å²) in [5.41, 5.74) is 3.19. The van der Waals surface area contributed by atoms with Crippen molar-refractivity contribution in [3.8, 4) is 0 Å². The van der Waals surface area contributed by atoms with Crippen LogP contribution in [0.2, 0.25) is 0 Å². The molecule has 1 amide bonds. The van der Waals surface area contributed by atoms with Crippen molar-refractivity contribution < 1.29 is 4.79 Å². The maximum Gasteiger partial charge on any atom is 0.243 e. The van der Waals surface area contributed by atoms with Gasteiger partial charge in [0, 0.05) is 6.54 Å². The van der Waals surface area contributed by atoms with Crippen molar-refractivity contribution in [2.45, 2.75) is 25.8 Å². The van der Waals surface area contributed by atoms with Gasteiger partial charge in [-0.2, -0.15) is 0 Å². The van der Waals surface area contributed by atoms with Gasteiger partial charge in [-0.1, -0.05) is 6.07 Å². The molecule has 3 rings (SSSR count). The number of aromatic amines is 1. The van der Waals surface area contributed by atoms with Crippen molar-refractivity contribution >= 4 is 29.2 Å². The molecular weight excluding hydrogens is 246 g/mol. The first-order valence-corrected chi connectivity index (χ1v) is 6.56. The van der Waals surface area contributed by atoms with Gasteiger partial charge in [0.05, 0.1) is 11.0 Å². The van der Waals surface area contributed by atoms with Crippen LogP contribution in [0.3, 0.4) is 0 Å². The van der Waals surface area contributed by atoms with E-state index in [9.17, 15) is 4.79 Å². The molecule has 94 valence electrons. The van der Waals surface area contributed by atoms with Crippen LogP contribution in [-0.2, 0) is 4.79 Å². The van der Waals surface area contributed by atoms with Crippen molar-refractivity contribution in [3.05, 3.63) is 28.5 Å². The van der Waals surface area contributed by atoms with E-state index in [0.717, 1.165) is 30.4 Å². The number of benzene rings is 1. The fourth-order valence-corrected chi connectivity index (χ4v) is 2.89. The summed E-state index contributed by atoms with van der Waals surface area (Å²) in [5, 5.41) is 2.90. The molecule has 0 aliphatic carbocycles. The molecule has 0 saturated carbocycles. The molecule has 0 spiro atoms. The summed E-state index contributed by atoms with van der Waals surface area (Å²) in [4.78, 5) is 15.1. The maximum atomic E-state index is 12.0. The Hall–Kier alpha value is -1.62. The molecule has 0 bridgehead atoms. The molecule has 0 radical (unpaired) electrons. The molecule has 1 aliphatic heterocycles. The fraction of sp³-hybridized carbons (Fsp3) is 0.385. The zero-order valence-corrected chi connectivity index (χ0v) is 11.0. The van der Waals surface area contributed by atoms with E-state index in [2.05, 4.69) is 16.4 Å². The summed E-state index contributed by atoms with van der Waals surface area (Å²) >= 11 is 5.36. The van der Waals surface area contributed by atoms with E-state index < -0.39 is 0 Å². The average molecular weight is 261 g/mol. The largest absolute Gasteiger partial charge is 0.354 e. The lowest BCUT2D eigenvalue weighted by atomic mass is 10.1. The maximum absolute atomic E-state index is 12.0. The second-order valence-corrected chi connectivity index (χ2v) is 5.16. The Labute approximate surface area is 110 Å². The molecule has 2 N–H and O–H groups in total. The van der Waals surface area contributed by atoms with E-state index in [1.165, 1.54) is 5.56 Å². The lowest BCUT2D eigenvalue weighted by Crippen LogP contribution is -2.37. The minimum absolute atomic E-state index is 0.0684. The highest BCUT2D eigenvalue weighted by Gasteiger charge is 2.25. The molecule has 1 aromatic carbocycles. The van der Waals surface area contributed by atoms with E-state index in [4.69, 9.17) is 12.2 Å². The molecule has 2 heterocycles. The number of aryl methyl sites for hydroxylation is 1. The molecule has 4 nitrogen and oxygen atoms in total. The average Bonchev–Trinajstić information content (AvgIpc) is 2.65. The molecule has 2 aromatic rings. The molecule has 5 heteroatoms. The number of aromatic nitrogens is 2. The predicted molar refractivity (Wildman–Crippen MR) is 73.1 cm³/mol. The highest BCUT2D eigenvalue weighted by atomic mass is 32.1. The zero-order valence-electron chi connectivity index (χ0n) is 10.2. The number of amides is 1. The van der Waals surface area contributed by atoms with E-state index in [1.807, 2.05) is 23.6 Å². The van der Waals surface area contributed by atoms with Crippen LogP contribution in [0.25, 0.3) is 11.0 Å². The zero-order chi connectivity index (χ0) is 12.7. The first-order chi connectivity index (χ1) is 8.66. The number of imidazole rings is 1. The number of piperidine rings is 1. The Bertz CT molecular complexity index is 670. The minimum atomic E-state index is -0.178. The van der Waals surface area contributed by atoms with E-state index in [-0.39, 0.29) is 11.9 Å². The number of carbonyl (C=O) groups excluding carboxylic acids is 1. The number of rotatable bonds is 1. The quantitative estimate of drug-likeness (QED) is 0.775. The molecule has 1 saturated heterocycles. The molecule has 1 unspecified atom stereocenters. The van der Waals surface area contributed by atoms with Crippen molar-refractivity contribution in [2.75, 3.05) is 6.54 Å². The van der Waals surface area contributed by atoms with E-state index in [1.54, 1.807) is 0 Å². The molecule has 18 heavy (non-hydrogen) atoms. The van der Waals surface area contributed by atoms with E-state index >= 15 is 0 Å². The molecule has 1 fully saturated rings. The summed E-state index contributed by atoms with van der Waals surface area (Å²) in [5.74, 6) is 0.0684. The number of H-pyrrole nitrogens is 1. The Morgan fingerprint density at radius 1 is 1.44 bits per heavy atom. The van der Waals surface area contributed by atoms with Crippen molar-refractivity contribution in [1.82, 2.24) is 14.9 Å². The van der Waals surface area contributed by atoms with Crippen LogP contribution in [0.1, 0.15) is 24.4 Å². The Kier molecular flexibility index (Phi) is 2.70. The SMILES string of the molecule is Cc1ccc2c(c1)[nH]c(=S)n2C1CCCNC1=O. The normalized spacial score (nSPS) is 20.1. The standard InChI is InChI=1S/C13H15N3OS/c1-8-4-5-10-9(7-8)15-13(18)16(10)11-3-2-6-14-12(11)17/h4-5,7,11H,2-3,6H2,1H3,(H,14,17)(H,15,18). The van der Waals surface area contributed by atoms with Gasteiger partial charge in [0.1, 0.15) is 6.04 Å². The second kappa shape index (κ2) is 4.24. The minimum Gasteiger partial charge on any atom is -0.354 e. The van der Waals surface area contributed by atoms with E-state index in [0.29, 0.717) is 4.77 Å². The third-order valence-electron chi connectivity index (χ3n) is 3.44. The highest BCUT2D eigenvalue weighted by molar-refractivity contribution is 7.71. The number of carbonyl (C=O) groups is 1. The Balaban J connectivity index is 2.19. The van der Waals surface area contributed by atoms with Crippen LogP contribution >= 0.6 is 12.2 Å². The number of fused-ring (bicyclic) bond motifs is 1. The summed E-state index contributed by atoms with van der Waals surface area (Å²) in [6.07, 6.45) is 1.84. The summed E-state index contributed by atoms with van der Waals surface area (Å²) < 4.78 is 2.57. The molecule has 1 aliphatic rings. The first-order valence-electron chi connectivity index (χ1n) is 6.15. The third kappa shape index (κ3) is 1.75. The molecular formula is C13H15N3OS. The van der Waals surface area contributed by atoms with Crippen LogP contribution in [0, 0.1) is 11.7 Å². The van der Waals surface area contributed by atoms with Gasteiger partial charge in [-0.25, -0.2) is 0 Å². The number of hydrogen-bond donors (Lipinski definition) is 2. The monoisotopic (exact) mass is 261 g/mol. The Morgan fingerprint density at radius 3 is 3.06 bits per heavy atom. The van der Waals surface area contributed by atoms with Crippen molar-refractivity contribution in [3.63, 3.8) is 0 Å². The van der Waals surface area contributed by atoms with Gasteiger partial charge in [0.15, 0.2) is 4.77 Å². The fourth-order valence-electron chi connectivity index (χ4n) is 2.56. The first kappa shape index (κ1) is 11.5. The lowest BCUT2D eigenvalue weighted by molar-refractivity contribution is -0.125. The van der Waals surface area contributed by atoms with Gasteiger partial charge in [-0.3, -0.25) is 4.79 Å². The van der Waals surface area contributed by atoms with Gasteiger partial charge >= 0.3 is 0 Å². The third-order valence-corrected chi connectivity index (χ3v) is 3.74. The van der Waals surface area contributed by atoms with Gasteiger partial charge < -0.3 is 14.9 Å². The van der Waals surface area contributed by atoms with Gasteiger partial charge in [0.2, 0.25) is 5.91 Å². The van der Waals surface area contributed by atoms with Crippen LogP contribution in [0.5, 0.6) is 0 Å². The second-order valence-electron chi connectivity index (χ2n) is 4.77. The number of hydrogen-bond acceptors (Lipinski definition) is 2. The van der Waals surface area contributed by atoms with Crippen molar-refractivity contribution in [1.29, 1.82) is 0 Å². The number of nitrogens with zero attached hydrogens (tertiary/aromatic N) is 1. The van der Waals surface area contributed by atoms with Gasteiger partial charge in [-0.15, -0.1) is 0 Å². The van der Waals surface area contributed by atoms with Crippen LogP contribution in [0.15, 0.2) is 18.2 Å². The lowest BCUT2D eigenvalue weighted by Gasteiger charge is -2.23. The van der Waals surface area contributed by atoms with Crippen LogP contribution in [-0.4, -0.2) is 22.0 Å².